The van der Waals surface area contributed by atoms with E-state index in [9.17, 15) is 21.6 Å². The standard InChI is InChI=1S/C57H33F3N2O5S/c58-57(59,60)68(63,64)67-38-32-48-47-30-34(39-23-13-24-45-53-43-21-9-7-18-40(43)41-19-8-10-22-44(41)56(53)66-54(39)45)26-29-52(47)65-55(48)51(33-38)61(35-14-3-1-4-15-35)37-27-28-50-46(31-37)42-20-11-12-25-49(42)62(50)36-16-5-2-6-17-36/h1-33H. The van der Waals surface area contributed by atoms with E-state index in [0.717, 1.165) is 76.5 Å². The van der Waals surface area contributed by atoms with Gasteiger partial charge in [-0.15, -0.1) is 0 Å². The van der Waals surface area contributed by atoms with Crippen molar-refractivity contribution in [1.82, 2.24) is 4.57 Å². The molecule has 0 radical (unpaired) electrons. The van der Waals surface area contributed by atoms with Crippen LogP contribution in [0.3, 0.4) is 0 Å². The van der Waals surface area contributed by atoms with Crippen LogP contribution in [-0.2, 0) is 10.1 Å². The minimum Gasteiger partial charge on any atom is -0.455 e. The molecule has 11 heteroatoms. The van der Waals surface area contributed by atoms with Crippen molar-refractivity contribution < 1.29 is 34.6 Å². The van der Waals surface area contributed by atoms with Crippen molar-refractivity contribution in [3.8, 4) is 22.6 Å². The highest BCUT2D eigenvalue weighted by Gasteiger charge is 2.48. The number of aromatic nitrogens is 1. The summed E-state index contributed by atoms with van der Waals surface area (Å²) < 4.78 is 88.5. The van der Waals surface area contributed by atoms with Gasteiger partial charge in [-0.2, -0.15) is 21.6 Å². The van der Waals surface area contributed by atoms with Crippen molar-refractivity contribution in [2.45, 2.75) is 5.51 Å². The summed E-state index contributed by atoms with van der Waals surface area (Å²) in [6.07, 6.45) is 0. The third kappa shape index (κ3) is 6.02. The minimum absolute atomic E-state index is 0.253. The molecule has 0 amide bonds. The second-order valence-corrected chi connectivity index (χ2v) is 18.3. The van der Waals surface area contributed by atoms with E-state index in [4.69, 9.17) is 13.0 Å². The molecule has 3 aromatic heterocycles. The third-order valence-corrected chi connectivity index (χ3v) is 13.9. The molecule has 13 aromatic rings. The number of halogens is 3. The fraction of sp³-hybridized carbons (Fsp3) is 0.0175. The summed E-state index contributed by atoms with van der Waals surface area (Å²) in [7, 11) is -6.09. The largest absolute Gasteiger partial charge is 0.534 e. The second kappa shape index (κ2) is 14.7. The van der Waals surface area contributed by atoms with Crippen molar-refractivity contribution >= 4 is 114 Å². The lowest BCUT2D eigenvalue weighted by atomic mass is 9.95. The molecule has 0 N–H and O–H groups in total. The Morgan fingerprint density at radius 3 is 1.88 bits per heavy atom. The van der Waals surface area contributed by atoms with Crippen molar-refractivity contribution in [1.29, 1.82) is 0 Å². The summed E-state index contributed by atoms with van der Waals surface area (Å²) in [6, 6.07) is 64.0. The smallest absolute Gasteiger partial charge is 0.455 e. The number of nitrogens with zero attached hydrogens (tertiary/aromatic N) is 2. The first-order chi connectivity index (χ1) is 33.1. The fourth-order valence-corrected chi connectivity index (χ4v) is 10.4. The molecule has 13 rings (SSSR count). The quantitative estimate of drug-likeness (QED) is 0.0900. The van der Waals surface area contributed by atoms with E-state index in [-0.39, 0.29) is 5.69 Å². The van der Waals surface area contributed by atoms with Gasteiger partial charge in [0, 0.05) is 66.4 Å². The van der Waals surface area contributed by atoms with Crippen molar-refractivity contribution in [2.24, 2.45) is 0 Å². The van der Waals surface area contributed by atoms with Crippen LogP contribution in [0.15, 0.2) is 209 Å². The van der Waals surface area contributed by atoms with Crippen molar-refractivity contribution in [3.05, 3.63) is 200 Å². The van der Waals surface area contributed by atoms with Crippen LogP contribution in [0.25, 0.3) is 104 Å². The molecule has 68 heavy (non-hydrogen) atoms. The van der Waals surface area contributed by atoms with Crippen LogP contribution in [0.5, 0.6) is 5.75 Å². The van der Waals surface area contributed by atoms with Gasteiger partial charge in [0.05, 0.1) is 16.7 Å². The number of rotatable bonds is 7. The maximum atomic E-state index is 14.1. The van der Waals surface area contributed by atoms with Gasteiger partial charge in [0.25, 0.3) is 0 Å². The van der Waals surface area contributed by atoms with Crippen LogP contribution in [0, 0.1) is 0 Å². The van der Waals surface area contributed by atoms with Gasteiger partial charge in [0.1, 0.15) is 22.5 Å². The molecule has 0 fully saturated rings. The average Bonchev–Trinajstić information content (AvgIpc) is 4.04. The van der Waals surface area contributed by atoms with Gasteiger partial charge >= 0.3 is 15.6 Å². The maximum Gasteiger partial charge on any atom is 0.534 e. The van der Waals surface area contributed by atoms with E-state index in [0.29, 0.717) is 38.9 Å². The molecule has 0 saturated carbocycles. The maximum absolute atomic E-state index is 14.1. The molecule has 7 nitrogen and oxygen atoms in total. The predicted molar refractivity (Wildman–Crippen MR) is 266 cm³/mol. The van der Waals surface area contributed by atoms with E-state index in [1.807, 2.05) is 157 Å². The van der Waals surface area contributed by atoms with Crippen LogP contribution >= 0.6 is 0 Å². The first-order valence-electron chi connectivity index (χ1n) is 21.8. The minimum atomic E-state index is -6.09. The van der Waals surface area contributed by atoms with Crippen molar-refractivity contribution in [3.63, 3.8) is 0 Å². The lowest BCUT2D eigenvalue weighted by Crippen LogP contribution is -2.28. The summed E-state index contributed by atoms with van der Waals surface area (Å²) in [5, 5.41) is 8.91. The summed E-state index contributed by atoms with van der Waals surface area (Å²) in [4.78, 5) is 1.84. The van der Waals surface area contributed by atoms with Gasteiger partial charge in [-0.1, -0.05) is 127 Å². The Balaban J connectivity index is 1.05. The Morgan fingerprint density at radius 2 is 1.12 bits per heavy atom. The number of hydrogen-bond donors (Lipinski definition) is 0. The van der Waals surface area contributed by atoms with E-state index in [1.54, 1.807) is 0 Å². The molecular weight excluding hydrogens is 882 g/mol. The first-order valence-corrected chi connectivity index (χ1v) is 23.2. The average molecular weight is 915 g/mol. The molecule has 0 aliphatic carbocycles. The lowest BCUT2D eigenvalue weighted by Gasteiger charge is -2.26. The zero-order valence-electron chi connectivity index (χ0n) is 35.5. The Kier molecular flexibility index (Phi) is 8.62. The molecule has 10 aromatic carbocycles. The first kappa shape index (κ1) is 39.8. The summed E-state index contributed by atoms with van der Waals surface area (Å²) >= 11 is 0. The molecule has 0 bridgehead atoms. The Bertz CT molecular complexity index is 4310. The number of fused-ring (bicyclic) bond motifs is 14. The monoisotopic (exact) mass is 914 g/mol. The van der Waals surface area contributed by atoms with E-state index in [2.05, 4.69) is 41.0 Å². The second-order valence-electron chi connectivity index (χ2n) is 16.8. The molecule has 0 aliphatic rings. The predicted octanol–water partition coefficient (Wildman–Crippen LogP) is 16.3. The molecule has 0 saturated heterocycles. The van der Waals surface area contributed by atoms with Gasteiger partial charge < -0.3 is 22.5 Å². The van der Waals surface area contributed by atoms with Gasteiger partial charge in [-0.05, 0) is 88.5 Å². The van der Waals surface area contributed by atoms with Crippen molar-refractivity contribution in [2.75, 3.05) is 4.90 Å². The number of hydrogen-bond acceptors (Lipinski definition) is 6. The normalized spacial score (nSPS) is 12.5. The molecule has 0 aliphatic heterocycles. The highest BCUT2D eigenvalue weighted by atomic mass is 32.2. The van der Waals surface area contributed by atoms with Gasteiger partial charge in [0.2, 0.25) is 0 Å². The number of furan rings is 2. The number of anilines is 3. The molecular formula is C57H33F3N2O5S. The zero-order valence-corrected chi connectivity index (χ0v) is 36.3. The molecule has 328 valence electrons. The summed E-state index contributed by atoms with van der Waals surface area (Å²) in [5.74, 6) is -0.543. The fourth-order valence-electron chi connectivity index (χ4n) is 10.0. The van der Waals surface area contributed by atoms with E-state index >= 15 is 0 Å². The van der Waals surface area contributed by atoms with Gasteiger partial charge in [-0.3, -0.25) is 0 Å². The van der Waals surface area contributed by atoms with E-state index in [1.165, 1.54) is 12.1 Å². The number of para-hydroxylation sites is 4. The third-order valence-electron chi connectivity index (χ3n) is 12.9. The molecule has 3 heterocycles. The summed E-state index contributed by atoms with van der Waals surface area (Å²) in [5.41, 5.74) is 2.40. The highest BCUT2D eigenvalue weighted by Crippen LogP contribution is 2.48. The molecule has 0 atom stereocenters. The Morgan fingerprint density at radius 1 is 0.471 bits per heavy atom. The number of alkyl halides is 3. The van der Waals surface area contributed by atoms with Crippen LogP contribution in [0.2, 0.25) is 0 Å². The van der Waals surface area contributed by atoms with Crippen LogP contribution < -0.4 is 9.08 Å². The van der Waals surface area contributed by atoms with Crippen LogP contribution in [0.4, 0.5) is 30.2 Å². The lowest BCUT2D eigenvalue weighted by molar-refractivity contribution is -0.0500. The van der Waals surface area contributed by atoms with Gasteiger partial charge in [0.15, 0.2) is 5.58 Å². The molecule has 0 spiro atoms. The van der Waals surface area contributed by atoms with Gasteiger partial charge in [-0.25, -0.2) is 0 Å². The Labute approximate surface area is 385 Å². The highest BCUT2D eigenvalue weighted by molar-refractivity contribution is 7.88. The topological polar surface area (TPSA) is 77.8 Å². The summed E-state index contributed by atoms with van der Waals surface area (Å²) in [6.45, 7) is 0. The zero-order chi connectivity index (χ0) is 45.9. The SMILES string of the molecule is O=S(=O)(Oc1cc(N(c2ccccc2)c2ccc3c(c2)c2ccccc2n3-c2ccccc2)c2oc3ccc(-c4cccc5c4oc4c6ccccc6c6ccccc6c54)cc3c2c1)C(F)(F)F. The number of benzene rings is 10. The molecule has 0 unspecified atom stereocenters. The van der Waals surface area contributed by atoms with E-state index < -0.39 is 21.4 Å². The van der Waals surface area contributed by atoms with Crippen LogP contribution in [-0.4, -0.2) is 18.5 Å². The van der Waals surface area contributed by atoms with Crippen LogP contribution in [0.1, 0.15) is 0 Å². The Hall–Kier alpha value is -8.54.